The van der Waals surface area contributed by atoms with Crippen molar-refractivity contribution in [2.45, 2.75) is 30.4 Å². The second-order valence-electron chi connectivity index (χ2n) is 4.90. The van der Waals surface area contributed by atoms with Crippen LogP contribution in [0.5, 0.6) is 5.75 Å². The number of aromatic nitrogens is 2. The summed E-state index contributed by atoms with van der Waals surface area (Å²) >= 11 is 2.25. The Morgan fingerprint density at radius 2 is 2.11 bits per heavy atom. The smallest absolute Gasteiger partial charge is 0.211 e. The van der Waals surface area contributed by atoms with Crippen molar-refractivity contribution in [3.8, 4) is 5.75 Å². The fourth-order valence-corrected chi connectivity index (χ4v) is 3.16. The molecule has 0 spiro atoms. The summed E-state index contributed by atoms with van der Waals surface area (Å²) in [5, 5.41) is 0. The molecule has 1 atom stereocenters. The number of imidazole rings is 1. The van der Waals surface area contributed by atoms with E-state index >= 15 is 0 Å². The SMILES string of the molecule is COc1cc2ncc(Br)n2cc1[S+]([O-])C(C)(C)C. The van der Waals surface area contributed by atoms with Gasteiger partial charge in [-0.05, 0) is 47.9 Å². The van der Waals surface area contributed by atoms with Gasteiger partial charge in [0.25, 0.3) is 0 Å². The molecule has 0 amide bonds. The normalized spacial score (nSPS) is 13.9. The second kappa shape index (κ2) is 4.75. The minimum atomic E-state index is -1.16. The largest absolute Gasteiger partial charge is 0.611 e. The highest BCUT2D eigenvalue weighted by Crippen LogP contribution is 2.33. The van der Waals surface area contributed by atoms with Crippen molar-refractivity contribution >= 4 is 32.8 Å². The van der Waals surface area contributed by atoms with Crippen LogP contribution in [0.4, 0.5) is 0 Å². The van der Waals surface area contributed by atoms with Gasteiger partial charge in [-0.3, -0.25) is 4.40 Å². The molecule has 0 aliphatic carbocycles. The van der Waals surface area contributed by atoms with E-state index in [0.29, 0.717) is 10.6 Å². The minimum absolute atomic E-state index is 0.339. The molecular weight excluding hydrogens is 316 g/mol. The second-order valence-corrected chi connectivity index (χ2v) is 7.91. The van der Waals surface area contributed by atoms with Crippen molar-refractivity contribution in [3.05, 3.63) is 23.1 Å². The molecule has 0 N–H and O–H groups in total. The van der Waals surface area contributed by atoms with Gasteiger partial charge in [-0.1, -0.05) is 0 Å². The predicted molar refractivity (Wildman–Crippen MR) is 75.6 cm³/mol. The van der Waals surface area contributed by atoms with Crippen LogP contribution in [0, 0.1) is 0 Å². The first-order chi connectivity index (χ1) is 8.34. The summed E-state index contributed by atoms with van der Waals surface area (Å²) in [7, 11) is 1.58. The van der Waals surface area contributed by atoms with Gasteiger partial charge in [0, 0.05) is 6.07 Å². The highest BCUT2D eigenvalue weighted by molar-refractivity contribution is 9.10. The first-order valence-corrected chi connectivity index (χ1v) is 7.41. The Kier molecular flexibility index (Phi) is 3.62. The number of hydrogen-bond acceptors (Lipinski definition) is 3. The number of nitrogens with zero attached hydrogens (tertiary/aromatic N) is 2. The van der Waals surface area contributed by atoms with Gasteiger partial charge in [0.2, 0.25) is 4.90 Å². The quantitative estimate of drug-likeness (QED) is 0.795. The van der Waals surface area contributed by atoms with Crippen LogP contribution in [0.3, 0.4) is 0 Å². The van der Waals surface area contributed by atoms with E-state index in [2.05, 4.69) is 20.9 Å². The molecule has 0 aliphatic rings. The Balaban J connectivity index is 2.64. The molecule has 6 heteroatoms. The zero-order chi connectivity index (χ0) is 13.5. The predicted octanol–water partition coefficient (Wildman–Crippen LogP) is 3.01. The van der Waals surface area contributed by atoms with E-state index in [1.54, 1.807) is 19.4 Å². The van der Waals surface area contributed by atoms with Gasteiger partial charge in [-0.25, -0.2) is 4.98 Å². The molecule has 98 valence electrons. The third-order valence-electron chi connectivity index (χ3n) is 2.51. The fraction of sp³-hybridized carbons (Fsp3) is 0.417. The molecular formula is C12H15BrN2O2S. The molecule has 0 saturated heterocycles. The highest BCUT2D eigenvalue weighted by atomic mass is 79.9. The molecule has 1 unspecified atom stereocenters. The monoisotopic (exact) mass is 330 g/mol. The van der Waals surface area contributed by atoms with Crippen LogP contribution in [0.1, 0.15) is 20.8 Å². The van der Waals surface area contributed by atoms with E-state index < -0.39 is 11.2 Å². The molecule has 2 aromatic rings. The summed E-state index contributed by atoms with van der Waals surface area (Å²) in [4.78, 5) is 4.90. The molecule has 0 aromatic carbocycles. The van der Waals surface area contributed by atoms with Gasteiger partial charge < -0.3 is 9.29 Å². The summed E-state index contributed by atoms with van der Waals surface area (Å²) < 4.78 is 20.2. The van der Waals surface area contributed by atoms with Crippen molar-refractivity contribution in [2.24, 2.45) is 0 Å². The Morgan fingerprint density at radius 3 is 2.67 bits per heavy atom. The van der Waals surface area contributed by atoms with Crippen LogP contribution >= 0.6 is 15.9 Å². The van der Waals surface area contributed by atoms with Crippen molar-refractivity contribution < 1.29 is 9.29 Å². The Bertz CT molecular complexity index is 577. The maximum Gasteiger partial charge on any atom is 0.211 e. The van der Waals surface area contributed by atoms with E-state index in [0.717, 1.165) is 10.3 Å². The van der Waals surface area contributed by atoms with Crippen LogP contribution in [-0.4, -0.2) is 25.8 Å². The topological polar surface area (TPSA) is 49.6 Å². The summed E-state index contributed by atoms with van der Waals surface area (Å²) in [6.45, 7) is 5.82. The van der Waals surface area contributed by atoms with E-state index in [4.69, 9.17) is 4.74 Å². The standard InChI is InChI=1S/C12H15BrN2O2S/c1-12(2,3)18(16)9-7-15-10(13)6-14-11(15)5-8(9)17-4/h5-7H,1-4H3. The van der Waals surface area contributed by atoms with Crippen LogP contribution in [0.15, 0.2) is 28.0 Å². The van der Waals surface area contributed by atoms with Gasteiger partial charge in [-0.15, -0.1) is 0 Å². The van der Waals surface area contributed by atoms with Crippen molar-refractivity contribution in [2.75, 3.05) is 7.11 Å². The van der Waals surface area contributed by atoms with Crippen molar-refractivity contribution in [1.82, 2.24) is 9.38 Å². The summed E-state index contributed by atoms with van der Waals surface area (Å²) in [6, 6.07) is 1.80. The number of ether oxygens (including phenoxy) is 1. The molecule has 2 rings (SSSR count). The summed E-state index contributed by atoms with van der Waals surface area (Å²) in [5.41, 5.74) is 0.758. The Morgan fingerprint density at radius 1 is 1.44 bits per heavy atom. The lowest BCUT2D eigenvalue weighted by atomic mass is 10.3. The maximum atomic E-state index is 12.5. The molecule has 18 heavy (non-hydrogen) atoms. The number of halogens is 1. The third kappa shape index (κ3) is 2.37. The number of pyridine rings is 1. The number of hydrogen-bond donors (Lipinski definition) is 0. The highest BCUT2D eigenvalue weighted by Gasteiger charge is 2.31. The van der Waals surface area contributed by atoms with Gasteiger partial charge in [-0.2, -0.15) is 0 Å². The van der Waals surface area contributed by atoms with Gasteiger partial charge >= 0.3 is 0 Å². The van der Waals surface area contributed by atoms with Crippen molar-refractivity contribution in [1.29, 1.82) is 0 Å². The van der Waals surface area contributed by atoms with Crippen LogP contribution in [0.2, 0.25) is 0 Å². The van der Waals surface area contributed by atoms with E-state index in [-0.39, 0.29) is 4.75 Å². The lowest BCUT2D eigenvalue weighted by Crippen LogP contribution is -2.28. The maximum absolute atomic E-state index is 12.5. The zero-order valence-electron chi connectivity index (χ0n) is 10.7. The molecule has 2 aromatic heterocycles. The average Bonchev–Trinajstić information content (AvgIpc) is 2.67. The fourth-order valence-electron chi connectivity index (χ4n) is 1.59. The molecule has 0 bridgehead atoms. The first kappa shape index (κ1) is 13.7. The molecule has 0 saturated carbocycles. The number of methoxy groups -OCH3 is 1. The van der Waals surface area contributed by atoms with Crippen molar-refractivity contribution in [3.63, 3.8) is 0 Å². The zero-order valence-corrected chi connectivity index (χ0v) is 13.1. The summed E-state index contributed by atoms with van der Waals surface area (Å²) in [5.74, 6) is 0.605. The van der Waals surface area contributed by atoms with Gasteiger partial charge in [0.05, 0.1) is 19.5 Å². The van der Waals surface area contributed by atoms with Gasteiger partial charge in [0.1, 0.15) is 15.0 Å². The van der Waals surface area contributed by atoms with E-state index in [1.165, 1.54) is 0 Å². The van der Waals surface area contributed by atoms with Gasteiger partial charge in [0.15, 0.2) is 5.75 Å². The number of fused-ring (bicyclic) bond motifs is 1. The third-order valence-corrected chi connectivity index (χ3v) is 4.91. The Hall–Kier alpha value is -0.720. The first-order valence-electron chi connectivity index (χ1n) is 5.47. The molecule has 4 nitrogen and oxygen atoms in total. The molecule has 0 aliphatic heterocycles. The molecule has 0 radical (unpaired) electrons. The van der Waals surface area contributed by atoms with E-state index in [1.807, 2.05) is 31.4 Å². The average molecular weight is 331 g/mol. The van der Waals surface area contributed by atoms with Crippen LogP contribution < -0.4 is 4.74 Å². The molecule has 2 heterocycles. The lowest BCUT2D eigenvalue weighted by Gasteiger charge is -2.25. The van der Waals surface area contributed by atoms with E-state index in [9.17, 15) is 4.55 Å². The minimum Gasteiger partial charge on any atom is -0.611 e. The summed E-state index contributed by atoms with van der Waals surface area (Å²) in [6.07, 6.45) is 3.52. The van der Waals surface area contributed by atoms with Crippen LogP contribution in [-0.2, 0) is 11.2 Å². The molecule has 0 fully saturated rings. The lowest BCUT2D eigenvalue weighted by molar-refractivity contribution is 0.401. The van der Waals surface area contributed by atoms with Crippen LogP contribution in [0.25, 0.3) is 5.65 Å². The Labute approximate surface area is 118 Å². The number of rotatable bonds is 2.